The van der Waals surface area contributed by atoms with Crippen LogP contribution in [0.15, 0.2) is 58.9 Å². The lowest BCUT2D eigenvalue weighted by Crippen LogP contribution is -2.14. The molecule has 1 atom stereocenters. The average molecular weight is 322 g/mol. The van der Waals surface area contributed by atoms with Gasteiger partial charge in [0.05, 0.1) is 6.54 Å². The summed E-state index contributed by atoms with van der Waals surface area (Å²) in [7, 11) is 0. The molecule has 0 fully saturated rings. The first kappa shape index (κ1) is 15.8. The first-order valence-corrected chi connectivity index (χ1v) is 7.45. The molecular formula is C16H17Cl2N3. The molecular weight excluding hydrogens is 305 g/mol. The summed E-state index contributed by atoms with van der Waals surface area (Å²) in [4.78, 5) is 0. The molecule has 0 heterocycles. The minimum absolute atomic E-state index is 0.132. The van der Waals surface area contributed by atoms with E-state index in [-0.39, 0.29) is 11.8 Å². The van der Waals surface area contributed by atoms with E-state index in [1.54, 1.807) is 0 Å². The molecule has 0 aliphatic rings. The molecule has 0 saturated carbocycles. The second-order valence-corrected chi connectivity index (χ2v) is 5.88. The third kappa shape index (κ3) is 4.19. The van der Waals surface area contributed by atoms with E-state index >= 15 is 0 Å². The smallest absolute Gasteiger partial charge is 0.0654 e. The summed E-state index contributed by atoms with van der Waals surface area (Å²) in [6.45, 7) is 2.65. The maximum absolute atomic E-state index is 6.13. The van der Waals surface area contributed by atoms with E-state index in [4.69, 9.17) is 29.0 Å². The molecule has 0 radical (unpaired) electrons. The fourth-order valence-electron chi connectivity index (χ4n) is 2.53. The Morgan fingerprint density at radius 1 is 1.00 bits per heavy atom. The van der Waals surface area contributed by atoms with Crippen LogP contribution < -0.4 is 5.84 Å². The third-order valence-corrected chi connectivity index (χ3v) is 3.91. The Kier molecular flexibility index (Phi) is 5.59. The van der Waals surface area contributed by atoms with Gasteiger partial charge in [-0.3, -0.25) is 0 Å². The lowest BCUT2D eigenvalue weighted by atomic mass is 9.82. The van der Waals surface area contributed by atoms with Gasteiger partial charge in [-0.1, -0.05) is 59.6 Å². The predicted octanol–water partition coefficient (Wildman–Crippen LogP) is 5.09. The van der Waals surface area contributed by atoms with Crippen molar-refractivity contribution in [3.05, 3.63) is 69.7 Å². The SMILES string of the molecule is C[C@@H](CN=NN)C(c1cccc(Cl)c1)c1cccc(Cl)c1. The molecule has 2 aromatic carbocycles. The van der Waals surface area contributed by atoms with E-state index in [9.17, 15) is 0 Å². The monoisotopic (exact) mass is 321 g/mol. The Labute approximate surface area is 134 Å². The van der Waals surface area contributed by atoms with E-state index in [0.717, 1.165) is 11.1 Å². The molecule has 2 rings (SSSR count). The van der Waals surface area contributed by atoms with E-state index in [1.165, 1.54) is 0 Å². The Bertz CT molecular complexity index is 583. The van der Waals surface area contributed by atoms with Gasteiger partial charge in [-0.15, -0.1) is 0 Å². The highest BCUT2D eigenvalue weighted by molar-refractivity contribution is 6.31. The van der Waals surface area contributed by atoms with Gasteiger partial charge in [0.25, 0.3) is 0 Å². The lowest BCUT2D eigenvalue weighted by Gasteiger charge is -2.24. The average Bonchev–Trinajstić information content (AvgIpc) is 2.45. The number of nitrogens with zero attached hydrogens (tertiary/aromatic N) is 2. The van der Waals surface area contributed by atoms with Crippen molar-refractivity contribution in [1.82, 2.24) is 0 Å². The molecule has 0 amide bonds. The zero-order chi connectivity index (χ0) is 15.2. The van der Waals surface area contributed by atoms with Crippen LogP contribution in [0.2, 0.25) is 10.0 Å². The summed E-state index contributed by atoms with van der Waals surface area (Å²) < 4.78 is 0. The lowest BCUT2D eigenvalue weighted by molar-refractivity contribution is 0.513. The molecule has 0 saturated heterocycles. The maximum Gasteiger partial charge on any atom is 0.0654 e. The number of hydrogen-bond donors (Lipinski definition) is 1. The van der Waals surface area contributed by atoms with Crippen LogP contribution in [0, 0.1) is 5.92 Å². The number of rotatable bonds is 5. The van der Waals surface area contributed by atoms with Crippen molar-refractivity contribution >= 4 is 23.2 Å². The maximum atomic E-state index is 6.13. The zero-order valence-electron chi connectivity index (χ0n) is 11.7. The van der Waals surface area contributed by atoms with Gasteiger partial charge in [0, 0.05) is 16.0 Å². The Morgan fingerprint density at radius 3 is 1.95 bits per heavy atom. The van der Waals surface area contributed by atoms with Crippen molar-refractivity contribution in [3.8, 4) is 0 Å². The van der Waals surface area contributed by atoms with Crippen LogP contribution in [0.4, 0.5) is 0 Å². The molecule has 21 heavy (non-hydrogen) atoms. The summed E-state index contributed by atoms with van der Waals surface area (Å²) in [6.07, 6.45) is 0. The van der Waals surface area contributed by atoms with Crippen LogP contribution in [0.3, 0.4) is 0 Å². The largest absolute Gasteiger partial charge is 0.305 e. The Hall–Kier alpha value is -1.58. The predicted molar refractivity (Wildman–Crippen MR) is 87.8 cm³/mol. The fourth-order valence-corrected chi connectivity index (χ4v) is 2.93. The second kappa shape index (κ2) is 7.43. The molecule has 0 spiro atoms. The normalized spacial score (nSPS) is 13.0. The number of hydrogen-bond acceptors (Lipinski definition) is 2. The first-order chi connectivity index (χ1) is 10.1. The molecule has 0 aliphatic heterocycles. The number of halogens is 2. The van der Waals surface area contributed by atoms with Crippen molar-refractivity contribution in [1.29, 1.82) is 0 Å². The molecule has 2 N–H and O–H groups in total. The fraction of sp³-hybridized carbons (Fsp3) is 0.250. The van der Waals surface area contributed by atoms with Crippen LogP contribution in [0.25, 0.3) is 0 Å². The summed E-state index contributed by atoms with van der Waals surface area (Å²) >= 11 is 12.3. The van der Waals surface area contributed by atoms with Crippen molar-refractivity contribution in [2.75, 3.05) is 6.54 Å². The van der Waals surface area contributed by atoms with Gasteiger partial charge >= 0.3 is 0 Å². The number of nitrogens with two attached hydrogens (primary N) is 1. The van der Waals surface area contributed by atoms with E-state index in [1.807, 2.05) is 36.4 Å². The van der Waals surface area contributed by atoms with Gasteiger partial charge in [0.1, 0.15) is 0 Å². The first-order valence-electron chi connectivity index (χ1n) is 6.69. The van der Waals surface area contributed by atoms with Crippen molar-refractivity contribution in [2.45, 2.75) is 12.8 Å². The van der Waals surface area contributed by atoms with E-state index in [2.05, 4.69) is 29.4 Å². The molecule has 2 aromatic rings. The summed E-state index contributed by atoms with van der Waals surface area (Å²) in [6, 6.07) is 15.7. The van der Waals surface area contributed by atoms with Gasteiger partial charge in [-0.2, -0.15) is 5.11 Å². The molecule has 5 heteroatoms. The third-order valence-electron chi connectivity index (χ3n) is 3.44. The highest BCUT2D eigenvalue weighted by Crippen LogP contribution is 2.34. The van der Waals surface area contributed by atoms with E-state index < -0.39 is 0 Å². The van der Waals surface area contributed by atoms with Crippen LogP contribution in [0.1, 0.15) is 24.0 Å². The molecule has 0 aromatic heterocycles. The highest BCUT2D eigenvalue weighted by Gasteiger charge is 2.22. The highest BCUT2D eigenvalue weighted by atomic mass is 35.5. The van der Waals surface area contributed by atoms with Crippen LogP contribution in [-0.2, 0) is 0 Å². The molecule has 110 valence electrons. The minimum atomic E-state index is 0.132. The van der Waals surface area contributed by atoms with Gasteiger partial charge in [-0.05, 0) is 41.3 Å². The van der Waals surface area contributed by atoms with Crippen molar-refractivity contribution in [2.24, 2.45) is 22.1 Å². The molecule has 0 unspecified atom stereocenters. The van der Waals surface area contributed by atoms with Gasteiger partial charge < -0.3 is 5.84 Å². The number of benzene rings is 2. The van der Waals surface area contributed by atoms with Crippen LogP contribution in [-0.4, -0.2) is 6.54 Å². The van der Waals surface area contributed by atoms with E-state index in [0.29, 0.717) is 16.6 Å². The van der Waals surface area contributed by atoms with Crippen molar-refractivity contribution in [3.63, 3.8) is 0 Å². The Morgan fingerprint density at radius 2 is 1.52 bits per heavy atom. The van der Waals surface area contributed by atoms with Gasteiger partial charge in [-0.25, -0.2) is 0 Å². The summed E-state index contributed by atoms with van der Waals surface area (Å²) in [5.41, 5.74) is 2.26. The zero-order valence-corrected chi connectivity index (χ0v) is 13.2. The second-order valence-electron chi connectivity index (χ2n) is 5.00. The topological polar surface area (TPSA) is 50.7 Å². The standard InChI is InChI=1S/C16H17Cl2N3/c1-11(10-20-21-19)16(12-4-2-6-14(17)8-12)13-5-3-7-15(18)9-13/h2-9,11,16H,10H2,1H3,(H2,19,20)/t11-/m0/s1. The Balaban J connectivity index is 2.43. The minimum Gasteiger partial charge on any atom is -0.305 e. The quantitative estimate of drug-likeness (QED) is 0.465. The summed E-state index contributed by atoms with van der Waals surface area (Å²) in [5.74, 6) is 5.47. The van der Waals surface area contributed by atoms with Crippen LogP contribution in [0.5, 0.6) is 0 Å². The molecule has 3 nitrogen and oxygen atoms in total. The van der Waals surface area contributed by atoms with Gasteiger partial charge in [0.15, 0.2) is 0 Å². The van der Waals surface area contributed by atoms with Crippen molar-refractivity contribution < 1.29 is 0 Å². The van der Waals surface area contributed by atoms with Gasteiger partial charge in [0.2, 0.25) is 0 Å². The summed E-state index contributed by atoms with van der Waals surface area (Å²) in [5, 5.41) is 8.71. The molecule has 0 bridgehead atoms. The molecule has 0 aliphatic carbocycles. The van der Waals surface area contributed by atoms with Crippen LogP contribution >= 0.6 is 23.2 Å².